The average Bonchev–Trinajstić information content (AvgIpc) is 3.79. The highest BCUT2D eigenvalue weighted by Gasteiger charge is 2.48. The third-order valence-corrected chi connectivity index (χ3v) is 16.8. The minimum atomic E-state index is -6.04. The van der Waals surface area contributed by atoms with Crippen LogP contribution in [0.3, 0.4) is 0 Å². The lowest BCUT2D eigenvalue weighted by Crippen LogP contribution is -2.47. The summed E-state index contributed by atoms with van der Waals surface area (Å²) in [5, 5.41) is 4.15. The Morgan fingerprint density at radius 1 is 0.942 bits per heavy atom. The normalized spacial score (nSPS) is 19.0. The van der Waals surface area contributed by atoms with E-state index in [2.05, 4.69) is 62.9 Å². The summed E-state index contributed by atoms with van der Waals surface area (Å²) in [5.41, 5.74) is -0.882. The molecule has 1 atom stereocenters. The van der Waals surface area contributed by atoms with Gasteiger partial charge in [0, 0.05) is 80.7 Å². The first-order valence-electron chi connectivity index (χ1n) is 23.1. The summed E-state index contributed by atoms with van der Waals surface area (Å²) in [4.78, 5) is 26.0. The molecule has 0 bridgehead atoms. The summed E-state index contributed by atoms with van der Waals surface area (Å²) >= 11 is 6.26. The predicted octanol–water partition coefficient (Wildman–Crippen LogP) is 8.98. The van der Waals surface area contributed by atoms with Crippen LogP contribution in [0.1, 0.15) is 62.4 Å². The number of carbonyl (C=O) groups excluding carboxylic acids is 1. The number of nitrogens with zero attached hydrogens (tertiary/aromatic N) is 4. The third kappa shape index (κ3) is 11.6. The van der Waals surface area contributed by atoms with Crippen LogP contribution in [-0.2, 0) is 24.6 Å². The Balaban J connectivity index is 1.02. The number of halogens is 4. The zero-order valence-corrected chi connectivity index (χ0v) is 41.1. The predicted molar refractivity (Wildman–Crippen MR) is 261 cm³/mol. The van der Waals surface area contributed by atoms with Crippen molar-refractivity contribution >= 4 is 65.3 Å². The first-order chi connectivity index (χ1) is 32.8. The Bertz CT molecular complexity index is 2920. The fourth-order valence-corrected chi connectivity index (χ4v) is 11.3. The van der Waals surface area contributed by atoms with Crippen molar-refractivity contribution in [2.45, 2.75) is 61.8 Å². The molecule has 1 amide bonds. The van der Waals surface area contributed by atoms with E-state index in [4.69, 9.17) is 21.1 Å². The number of nitrogens with one attached hydrogen (secondary N) is 3. The average molecular weight is 1010 g/mol. The number of carbonyl (C=O) groups is 1. The number of aromatic amines is 1. The van der Waals surface area contributed by atoms with Gasteiger partial charge in [-0.2, -0.15) is 13.2 Å². The largest absolute Gasteiger partial charge is 0.501 e. The van der Waals surface area contributed by atoms with E-state index in [0.29, 0.717) is 86.1 Å². The molecule has 2 aromatic heterocycles. The molecule has 0 radical (unpaired) electrons. The SMILES string of the molecule is CC(C)[C@]1(C)CCC(c2ccc(Cl)cc2)=C(CN2CCN(c3ccc(C(=O)NS(=O)(=O)c4ccc(NCCCN5CCOCC5)c(S(=O)(=O)C(F)(F)F)c4)c(Oc4cnc5[nH]ccc5c4)c3)CC2)C1. The molecule has 2 saturated heterocycles. The molecule has 20 heteroatoms. The van der Waals surface area contributed by atoms with Crippen LogP contribution in [0.4, 0.5) is 24.5 Å². The van der Waals surface area contributed by atoms with Crippen molar-refractivity contribution in [3.8, 4) is 11.5 Å². The Morgan fingerprint density at radius 3 is 2.39 bits per heavy atom. The standard InChI is InChI=1S/C49H57ClF3N7O7S2/c1-33(2)48(3)15-13-41(34-5-7-37(50)8-6-34)36(30-48)32-59-19-21-60(22-20-59)38-9-11-42(44(28-38)67-39-27-35-14-17-55-46(35)56-31-39)47(61)57-69(64,65)40-10-12-43(45(29-40)68(62,63)49(51,52)53)54-16-4-18-58-23-25-66-26-24-58/h5-12,14,17,27-29,31,33,54H,4,13,15-16,18-26,30,32H2,1-3H3,(H,55,56)(H,57,61)/t48-/m1/s1. The molecule has 8 rings (SSSR count). The van der Waals surface area contributed by atoms with E-state index in [-0.39, 0.29) is 29.0 Å². The zero-order valence-electron chi connectivity index (χ0n) is 38.7. The van der Waals surface area contributed by atoms with Gasteiger partial charge in [-0.05, 0) is 109 Å². The molecule has 3 aliphatic rings. The molecule has 3 N–H and O–H groups in total. The van der Waals surface area contributed by atoms with Gasteiger partial charge in [0.05, 0.1) is 35.6 Å². The molecule has 14 nitrogen and oxygen atoms in total. The van der Waals surface area contributed by atoms with Gasteiger partial charge in [-0.1, -0.05) is 50.1 Å². The van der Waals surface area contributed by atoms with Gasteiger partial charge in [-0.15, -0.1) is 0 Å². The van der Waals surface area contributed by atoms with E-state index in [9.17, 15) is 34.8 Å². The van der Waals surface area contributed by atoms with Gasteiger partial charge >= 0.3 is 5.51 Å². The monoisotopic (exact) mass is 1010 g/mol. The van der Waals surface area contributed by atoms with Crippen molar-refractivity contribution in [2.75, 3.05) is 82.3 Å². The summed E-state index contributed by atoms with van der Waals surface area (Å²) in [6, 6.07) is 18.6. The van der Waals surface area contributed by atoms with Crippen LogP contribution < -0.4 is 19.7 Å². The number of H-pyrrole nitrogens is 1. The highest BCUT2D eigenvalue weighted by Crippen LogP contribution is 2.47. The van der Waals surface area contributed by atoms with Crippen LogP contribution in [0.25, 0.3) is 16.6 Å². The number of alkyl halides is 3. The number of hydrogen-bond donors (Lipinski definition) is 3. The van der Waals surface area contributed by atoms with Crippen LogP contribution in [-0.4, -0.2) is 120 Å². The summed E-state index contributed by atoms with van der Waals surface area (Å²) in [7, 11) is -11.0. The van der Waals surface area contributed by atoms with Crippen LogP contribution in [0.15, 0.2) is 101 Å². The van der Waals surface area contributed by atoms with Crippen molar-refractivity contribution in [2.24, 2.45) is 11.3 Å². The highest BCUT2D eigenvalue weighted by atomic mass is 35.5. The highest BCUT2D eigenvalue weighted by molar-refractivity contribution is 7.92. The first kappa shape index (κ1) is 50.2. The molecule has 1 aliphatic carbocycles. The Kier molecular flexibility index (Phi) is 15.0. The van der Waals surface area contributed by atoms with Crippen LogP contribution >= 0.6 is 11.6 Å². The molecular weight excluding hydrogens is 955 g/mol. The van der Waals surface area contributed by atoms with Crippen molar-refractivity contribution in [3.05, 3.63) is 107 Å². The van der Waals surface area contributed by atoms with E-state index in [0.717, 1.165) is 51.0 Å². The van der Waals surface area contributed by atoms with Crippen LogP contribution in [0, 0.1) is 11.3 Å². The maximum absolute atomic E-state index is 14.0. The Morgan fingerprint density at radius 2 is 1.68 bits per heavy atom. The number of morpholine rings is 1. The van der Waals surface area contributed by atoms with E-state index in [1.807, 2.05) is 16.9 Å². The van der Waals surface area contributed by atoms with Gasteiger partial charge in [0.2, 0.25) is 0 Å². The van der Waals surface area contributed by atoms with E-state index in [1.54, 1.807) is 30.5 Å². The first-order valence-corrected chi connectivity index (χ1v) is 26.4. The number of piperazine rings is 1. The van der Waals surface area contributed by atoms with Gasteiger partial charge in [0.1, 0.15) is 22.0 Å². The number of pyridine rings is 1. The van der Waals surface area contributed by atoms with Gasteiger partial charge in [0.25, 0.3) is 25.8 Å². The van der Waals surface area contributed by atoms with Crippen molar-refractivity contribution in [3.63, 3.8) is 0 Å². The second-order valence-corrected chi connectivity index (χ2v) is 22.5. The Hall–Kier alpha value is -5.18. The second kappa shape index (κ2) is 20.7. The number of aromatic nitrogens is 2. The number of benzene rings is 3. The summed E-state index contributed by atoms with van der Waals surface area (Å²) < 4.78 is 109. The van der Waals surface area contributed by atoms with E-state index in [1.165, 1.54) is 29.0 Å². The summed E-state index contributed by atoms with van der Waals surface area (Å²) in [6.07, 6.45) is 6.71. The fraction of sp³-hybridized carbons (Fsp3) is 0.429. The maximum Gasteiger partial charge on any atom is 0.501 e. The second-order valence-electron chi connectivity index (χ2n) is 18.5. The molecule has 370 valence electrons. The number of sulfone groups is 1. The lowest BCUT2D eigenvalue weighted by atomic mass is 9.66. The lowest BCUT2D eigenvalue weighted by Gasteiger charge is -2.42. The zero-order chi connectivity index (χ0) is 49.1. The Labute approximate surface area is 406 Å². The number of allylic oxidation sites excluding steroid dienone is 1. The summed E-state index contributed by atoms with van der Waals surface area (Å²) in [5.74, 6) is -0.400. The smallest absolute Gasteiger partial charge is 0.455 e. The molecular formula is C49H57ClF3N7O7S2. The number of anilines is 2. The number of sulfonamides is 1. The maximum atomic E-state index is 14.0. The van der Waals surface area contributed by atoms with E-state index >= 15 is 0 Å². The van der Waals surface area contributed by atoms with Gasteiger partial charge in [-0.3, -0.25) is 14.6 Å². The fourth-order valence-electron chi connectivity index (χ4n) is 9.18. The number of rotatable bonds is 16. The van der Waals surface area contributed by atoms with Crippen molar-refractivity contribution in [1.82, 2.24) is 24.5 Å². The van der Waals surface area contributed by atoms with Gasteiger partial charge < -0.3 is 24.7 Å². The third-order valence-electron chi connectivity index (χ3n) is 13.7. The molecule has 0 saturated carbocycles. The van der Waals surface area contributed by atoms with Crippen LogP contribution in [0.5, 0.6) is 11.5 Å². The quantitative estimate of drug-likeness (QED) is 0.0805. The molecule has 0 unspecified atom stereocenters. The summed E-state index contributed by atoms with van der Waals surface area (Å²) in [6.45, 7) is 13.7. The molecule has 2 fully saturated rings. The van der Waals surface area contributed by atoms with Gasteiger partial charge in [0.15, 0.2) is 0 Å². The molecule has 2 aliphatic heterocycles. The molecule has 69 heavy (non-hydrogen) atoms. The molecule has 0 spiro atoms. The van der Waals surface area contributed by atoms with Gasteiger partial charge in [-0.25, -0.2) is 26.5 Å². The number of fused-ring (bicyclic) bond motifs is 1. The topological polar surface area (TPSA) is 166 Å². The number of ether oxygens (including phenoxy) is 2. The number of hydrogen-bond acceptors (Lipinski definition) is 12. The lowest BCUT2D eigenvalue weighted by molar-refractivity contribution is -0.0435. The minimum Gasteiger partial charge on any atom is -0.455 e. The number of amides is 1. The van der Waals surface area contributed by atoms with E-state index < -0.39 is 46.8 Å². The molecule has 4 heterocycles. The molecule has 5 aromatic rings. The van der Waals surface area contributed by atoms with Crippen molar-refractivity contribution < 1.29 is 44.3 Å². The minimum absolute atomic E-state index is 0.00998. The van der Waals surface area contributed by atoms with Crippen LogP contribution in [0.2, 0.25) is 5.02 Å². The van der Waals surface area contributed by atoms with Crippen molar-refractivity contribution in [1.29, 1.82) is 0 Å². The molecule has 3 aromatic carbocycles.